The van der Waals surface area contributed by atoms with Crippen LogP contribution in [-0.2, 0) is 43.3 Å². The highest BCUT2D eigenvalue weighted by Gasteiger charge is 2.23. The van der Waals surface area contributed by atoms with Crippen molar-refractivity contribution < 1.29 is 53.5 Å². The number of sulfonamides is 2. The van der Waals surface area contributed by atoms with Crippen molar-refractivity contribution in [2.24, 2.45) is 11.8 Å². The number of rotatable bonds is 24. The van der Waals surface area contributed by atoms with Gasteiger partial charge in [0.2, 0.25) is 20.0 Å². The lowest BCUT2D eigenvalue weighted by Gasteiger charge is -2.36. The highest BCUT2D eigenvalue weighted by molar-refractivity contribution is 7.92. The van der Waals surface area contributed by atoms with E-state index in [0.717, 1.165) is 71.7 Å². The molecule has 2 atom stereocenters. The molecule has 0 amide bonds. The standard InChI is InChI=1S/2C20H36N2O3S.H2O4S/c2*1-6-13-22(5,16-17(3)4)14-9-8-10-18-11-12-19(15-20(18)23)21-26(24,25)7-2;1-5(2,3)4/h2*11-12,15,17,21H,6-10,13-14,16H2,1-5H3;(H2,1,2,3,4). The molecule has 0 saturated carbocycles. The zero-order valence-corrected chi connectivity index (χ0v) is 38.7. The van der Waals surface area contributed by atoms with Gasteiger partial charge in [-0.15, -0.1) is 0 Å². The lowest BCUT2D eigenvalue weighted by molar-refractivity contribution is -0.912. The first-order chi connectivity index (χ1) is 26.2. The largest absolute Gasteiger partial charge is 0.759 e. The third-order valence-electron chi connectivity index (χ3n) is 9.40. The van der Waals surface area contributed by atoms with Crippen molar-refractivity contribution in [3.05, 3.63) is 47.5 Å². The van der Waals surface area contributed by atoms with Crippen LogP contribution >= 0.6 is 0 Å². The first-order valence-corrected chi connectivity index (χ1v) is 24.8. The molecule has 4 N–H and O–H groups in total. The number of aromatic hydroxyl groups is 2. The van der Waals surface area contributed by atoms with Crippen molar-refractivity contribution in [2.75, 3.05) is 74.3 Å². The number of unbranched alkanes of at least 4 members (excludes halogenated alkanes) is 2. The van der Waals surface area contributed by atoms with Crippen LogP contribution in [0.3, 0.4) is 0 Å². The molecule has 17 heteroatoms. The summed E-state index contributed by atoms with van der Waals surface area (Å²) < 4.78 is 87.7. The van der Waals surface area contributed by atoms with E-state index in [1.54, 1.807) is 26.0 Å². The summed E-state index contributed by atoms with van der Waals surface area (Å²) in [6, 6.07) is 10.1. The maximum absolute atomic E-state index is 11.6. The highest BCUT2D eigenvalue weighted by atomic mass is 32.3. The van der Waals surface area contributed by atoms with Gasteiger partial charge in [0.15, 0.2) is 0 Å². The van der Waals surface area contributed by atoms with Crippen LogP contribution in [0.1, 0.15) is 105 Å². The van der Waals surface area contributed by atoms with Gasteiger partial charge in [-0.2, -0.15) is 0 Å². The Kier molecular flexibility index (Phi) is 24.5. The molecule has 2 aromatic carbocycles. The summed E-state index contributed by atoms with van der Waals surface area (Å²) in [5.74, 6) is 1.73. The van der Waals surface area contributed by atoms with Crippen LogP contribution in [0, 0.1) is 11.8 Å². The van der Waals surface area contributed by atoms with Gasteiger partial charge in [-0.3, -0.25) is 17.9 Å². The maximum Gasteiger partial charge on any atom is 0.232 e. The van der Waals surface area contributed by atoms with E-state index in [4.69, 9.17) is 17.5 Å². The number of anilines is 2. The maximum atomic E-state index is 11.6. The van der Waals surface area contributed by atoms with Crippen LogP contribution in [0.2, 0.25) is 0 Å². The minimum atomic E-state index is -5.17. The number of hydrogen-bond donors (Lipinski definition) is 4. The molecule has 0 aliphatic rings. The summed E-state index contributed by atoms with van der Waals surface area (Å²) >= 11 is 0. The van der Waals surface area contributed by atoms with Gasteiger partial charge in [0.25, 0.3) is 0 Å². The third kappa shape index (κ3) is 26.1. The van der Waals surface area contributed by atoms with Crippen LogP contribution in [0.5, 0.6) is 11.5 Å². The van der Waals surface area contributed by atoms with Crippen molar-refractivity contribution in [1.82, 2.24) is 0 Å². The van der Waals surface area contributed by atoms with Gasteiger partial charge >= 0.3 is 0 Å². The number of quaternary nitrogens is 2. The van der Waals surface area contributed by atoms with Crippen LogP contribution in [0.25, 0.3) is 0 Å². The predicted octanol–water partition coefficient (Wildman–Crippen LogP) is 6.64. The molecule has 0 saturated heterocycles. The molecule has 0 radical (unpaired) electrons. The molecule has 0 aliphatic heterocycles. The number of phenolic OH excluding ortho intramolecular Hbond substituents is 2. The summed E-state index contributed by atoms with van der Waals surface area (Å²) in [4.78, 5) is 0. The zero-order valence-electron chi connectivity index (χ0n) is 36.2. The molecule has 0 bridgehead atoms. The summed E-state index contributed by atoms with van der Waals surface area (Å²) in [7, 11) is -7.12. The van der Waals surface area contributed by atoms with Crippen molar-refractivity contribution in [1.29, 1.82) is 0 Å². The predicted molar refractivity (Wildman–Crippen MR) is 231 cm³/mol. The minimum absolute atomic E-state index is 0.0146. The Labute approximate surface area is 345 Å². The van der Waals surface area contributed by atoms with Crippen molar-refractivity contribution in [3.63, 3.8) is 0 Å². The normalized spacial score (nSPS) is 14.1. The fraction of sp³-hybridized carbons (Fsp3) is 0.700. The van der Waals surface area contributed by atoms with Crippen LogP contribution in [0.4, 0.5) is 11.4 Å². The summed E-state index contributed by atoms with van der Waals surface area (Å²) in [5, 5.41) is 20.4. The summed E-state index contributed by atoms with van der Waals surface area (Å²) in [6.45, 7) is 23.9. The Bertz CT molecular complexity index is 1670. The molecule has 2 aromatic rings. The lowest BCUT2D eigenvalue weighted by atomic mass is 10.1. The molecule has 0 spiro atoms. The molecular weight excluding hydrogens is 793 g/mol. The number of benzene rings is 2. The van der Waals surface area contributed by atoms with E-state index in [-0.39, 0.29) is 23.0 Å². The van der Waals surface area contributed by atoms with E-state index < -0.39 is 30.4 Å². The second-order valence-electron chi connectivity index (χ2n) is 16.3. The number of nitrogens with one attached hydrogen (secondary N) is 2. The quantitative estimate of drug-likeness (QED) is 0.0382. The van der Waals surface area contributed by atoms with Gasteiger partial charge < -0.3 is 28.3 Å². The fourth-order valence-electron chi connectivity index (χ4n) is 7.23. The molecule has 0 aromatic heterocycles. The number of hydrogen-bond acceptors (Lipinski definition) is 10. The van der Waals surface area contributed by atoms with E-state index in [1.807, 2.05) is 12.1 Å². The van der Waals surface area contributed by atoms with Crippen LogP contribution in [0.15, 0.2) is 36.4 Å². The van der Waals surface area contributed by atoms with E-state index in [0.29, 0.717) is 23.2 Å². The first-order valence-electron chi connectivity index (χ1n) is 20.2. The Morgan fingerprint density at radius 1 is 0.579 bits per heavy atom. The lowest BCUT2D eigenvalue weighted by Crippen LogP contribution is -2.47. The second kappa shape index (κ2) is 25.7. The average molecular weight is 867 g/mol. The Morgan fingerprint density at radius 2 is 0.895 bits per heavy atom. The molecule has 0 aliphatic carbocycles. The van der Waals surface area contributed by atoms with Crippen LogP contribution < -0.4 is 9.44 Å². The summed E-state index contributed by atoms with van der Waals surface area (Å²) in [6.07, 6.45) is 8.27. The fourth-order valence-corrected chi connectivity index (χ4v) is 8.49. The Morgan fingerprint density at radius 3 is 1.14 bits per heavy atom. The van der Waals surface area contributed by atoms with E-state index >= 15 is 0 Å². The Balaban J connectivity index is 0.000000982. The monoisotopic (exact) mass is 866 g/mol. The zero-order chi connectivity index (χ0) is 44.1. The first kappa shape index (κ1) is 54.3. The van der Waals surface area contributed by atoms with Crippen molar-refractivity contribution in [3.8, 4) is 11.5 Å². The van der Waals surface area contributed by atoms with E-state index in [9.17, 15) is 27.0 Å². The van der Waals surface area contributed by atoms with Gasteiger partial charge in [0.05, 0.1) is 76.2 Å². The van der Waals surface area contributed by atoms with Gasteiger partial charge in [0, 0.05) is 34.4 Å². The van der Waals surface area contributed by atoms with Crippen molar-refractivity contribution in [2.45, 2.75) is 107 Å². The smallest absolute Gasteiger partial charge is 0.232 e. The molecule has 14 nitrogen and oxygen atoms in total. The molecule has 0 heterocycles. The summed E-state index contributed by atoms with van der Waals surface area (Å²) in [5.41, 5.74) is 2.57. The minimum Gasteiger partial charge on any atom is -0.759 e. The van der Waals surface area contributed by atoms with Crippen molar-refractivity contribution >= 4 is 41.8 Å². The van der Waals surface area contributed by atoms with Crippen LogP contribution in [-0.4, -0.2) is 118 Å². The average Bonchev–Trinajstić information content (AvgIpc) is 3.05. The highest BCUT2D eigenvalue weighted by Crippen LogP contribution is 2.26. The molecule has 0 fully saturated rings. The second-order valence-corrected chi connectivity index (χ2v) is 21.1. The Hall–Kier alpha value is -2.67. The molecule has 2 unspecified atom stereocenters. The number of nitrogens with zero attached hydrogens (tertiary/aromatic N) is 2. The van der Waals surface area contributed by atoms with E-state index in [2.05, 4.69) is 65.1 Å². The van der Waals surface area contributed by atoms with Gasteiger partial charge in [-0.25, -0.2) is 16.8 Å². The number of aryl methyl sites for hydroxylation is 2. The van der Waals surface area contributed by atoms with Gasteiger partial charge in [-0.05, 0) is 88.5 Å². The topological polar surface area (TPSA) is 213 Å². The molecule has 2 rings (SSSR count). The SMILES string of the molecule is CCC[N+](C)(CCCCc1ccc(NS(=O)(=O)CC)cc1O)CC(C)C.CCC[N+](C)(CCCCc1ccc(NS(=O)(=O)CC)cc1O)CC(C)C.O=S(=O)([O-])[O-]. The molecule has 57 heavy (non-hydrogen) atoms. The van der Waals surface area contributed by atoms with Gasteiger partial charge in [0.1, 0.15) is 11.5 Å². The number of phenols is 2. The molecular formula is C40H74N4O10S3. The van der Waals surface area contributed by atoms with Gasteiger partial charge in [-0.1, -0.05) is 53.7 Å². The third-order valence-corrected chi connectivity index (χ3v) is 12.0. The van der Waals surface area contributed by atoms with E-state index in [1.165, 1.54) is 51.2 Å². The molecule has 332 valence electrons.